The summed E-state index contributed by atoms with van der Waals surface area (Å²) in [5, 5.41) is 0.0262. The number of carbonyl (C=O) groups excluding carboxylic acids is 2. The van der Waals surface area contributed by atoms with Gasteiger partial charge >= 0.3 is 6.09 Å². The summed E-state index contributed by atoms with van der Waals surface area (Å²) < 4.78 is 11.6. The maximum Gasteiger partial charge on any atom is 0.417 e. The Hall–Kier alpha value is -1.92. The highest BCUT2D eigenvalue weighted by Gasteiger charge is 2.44. The first kappa shape index (κ1) is 22.4. The van der Waals surface area contributed by atoms with Gasteiger partial charge in [-0.3, -0.25) is 4.79 Å². The highest BCUT2D eigenvalue weighted by atomic mass is 28.4. The molecule has 1 fully saturated rings. The maximum absolute atomic E-state index is 13.3. The van der Waals surface area contributed by atoms with E-state index < -0.39 is 20.3 Å². The van der Waals surface area contributed by atoms with Gasteiger partial charge in [-0.2, -0.15) is 0 Å². The van der Waals surface area contributed by atoms with Gasteiger partial charge in [0.1, 0.15) is 6.61 Å². The number of hydrogen-bond acceptors (Lipinski definition) is 4. The van der Waals surface area contributed by atoms with Crippen LogP contribution in [0.3, 0.4) is 0 Å². The molecule has 1 aliphatic rings. The van der Waals surface area contributed by atoms with Gasteiger partial charge in [-0.25, -0.2) is 9.69 Å². The van der Waals surface area contributed by atoms with Gasteiger partial charge in [0.25, 0.3) is 0 Å². The second kappa shape index (κ2) is 8.62. The average molecular weight is 404 g/mol. The first-order chi connectivity index (χ1) is 13.0. The largest absolute Gasteiger partial charge is 0.447 e. The summed E-state index contributed by atoms with van der Waals surface area (Å²) >= 11 is 0. The fourth-order valence-electron chi connectivity index (χ4n) is 3.14. The first-order valence-electron chi connectivity index (χ1n) is 9.82. The minimum Gasteiger partial charge on any atom is -0.447 e. The molecule has 0 spiro atoms. The zero-order valence-electron chi connectivity index (χ0n) is 17.9. The molecule has 154 valence electrons. The lowest BCUT2D eigenvalue weighted by molar-refractivity contribution is -0.134. The van der Waals surface area contributed by atoms with Crippen LogP contribution in [0.2, 0.25) is 18.1 Å². The monoisotopic (exact) mass is 403 g/mol. The fraction of sp³-hybridized carbons (Fsp3) is 0.545. The molecule has 0 aliphatic carbocycles. The molecule has 2 amide bonds. The van der Waals surface area contributed by atoms with Crippen LogP contribution in [0.1, 0.15) is 33.3 Å². The van der Waals surface area contributed by atoms with Gasteiger partial charge in [-0.05, 0) is 37.0 Å². The maximum atomic E-state index is 13.3. The van der Waals surface area contributed by atoms with Crippen molar-refractivity contribution >= 4 is 20.3 Å². The van der Waals surface area contributed by atoms with Crippen LogP contribution in [-0.4, -0.2) is 44.0 Å². The van der Waals surface area contributed by atoms with Crippen molar-refractivity contribution in [1.82, 2.24) is 4.90 Å². The smallest absolute Gasteiger partial charge is 0.417 e. The van der Waals surface area contributed by atoms with Crippen LogP contribution in [0.4, 0.5) is 4.79 Å². The number of cyclic esters (lactones) is 1. The Morgan fingerprint density at radius 1 is 1.36 bits per heavy atom. The highest BCUT2D eigenvalue weighted by Crippen LogP contribution is 2.38. The lowest BCUT2D eigenvalue weighted by Crippen LogP contribution is -2.50. The quantitative estimate of drug-likeness (QED) is 0.485. The number of amides is 2. The van der Waals surface area contributed by atoms with E-state index in [1.807, 2.05) is 37.3 Å². The Bertz CT molecular complexity index is 711. The lowest BCUT2D eigenvalue weighted by Gasteiger charge is -2.40. The molecule has 0 N–H and O–H groups in total. The number of rotatable bonds is 7. The minimum atomic E-state index is -2.06. The van der Waals surface area contributed by atoms with Gasteiger partial charge in [-0.1, -0.05) is 57.2 Å². The summed E-state index contributed by atoms with van der Waals surface area (Å²) in [7, 11) is -2.06. The number of imide groups is 1. The third-order valence-corrected chi connectivity index (χ3v) is 10.4. The van der Waals surface area contributed by atoms with Gasteiger partial charge in [0.2, 0.25) is 5.91 Å². The second-order valence-corrected chi connectivity index (χ2v) is 13.7. The van der Waals surface area contributed by atoms with E-state index in [9.17, 15) is 9.59 Å². The van der Waals surface area contributed by atoms with Crippen LogP contribution in [-0.2, 0) is 20.4 Å². The minimum absolute atomic E-state index is 0.0262. The molecule has 0 saturated carbocycles. The molecule has 3 atom stereocenters. The molecule has 1 heterocycles. The van der Waals surface area contributed by atoms with Gasteiger partial charge in [0.15, 0.2) is 8.32 Å². The van der Waals surface area contributed by atoms with Gasteiger partial charge in [0, 0.05) is 0 Å². The Morgan fingerprint density at radius 2 is 1.96 bits per heavy atom. The first-order valence-corrected chi connectivity index (χ1v) is 12.7. The number of nitrogens with zero attached hydrogens (tertiary/aromatic N) is 1. The topological polar surface area (TPSA) is 55.8 Å². The van der Waals surface area contributed by atoms with Crippen LogP contribution in [0.15, 0.2) is 43.0 Å². The van der Waals surface area contributed by atoms with E-state index in [1.165, 1.54) is 4.90 Å². The summed E-state index contributed by atoms with van der Waals surface area (Å²) in [6.07, 6.45) is 1.21. The lowest BCUT2D eigenvalue weighted by atomic mass is 10.00. The number of benzene rings is 1. The molecule has 1 aliphatic heterocycles. The second-order valence-electron chi connectivity index (χ2n) is 8.97. The van der Waals surface area contributed by atoms with Crippen molar-refractivity contribution in [2.75, 3.05) is 6.61 Å². The average Bonchev–Trinajstić information content (AvgIpc) is 2.95. The van der Waals surface area contributed by atoms with Crippen molar-refractivity contribution in [3.63, 3.8) is 0 Å². The highest BCUT2D eigenvalue weighted by molar-refractivity contribution is 6.74. The molecule has 2 rings (SSSR count). The molecular weight excluding hydrogens is 370 g/mol. The Morgan fingerprint density at radius 3 is 2.50 bits per heavy atom. The number of ether oxygens (including phenoxy) is 1. The van der Waals surface area contributed by atoms with Crippen molar-refractivity contribution in [1.29, 1.82) is 0 Å². The van der Waals surface area contributed by atoms with Crippen molar-refractivity contribution in [2.45, 2.75) is 64.4 Å². The molecule has 1 aromatic rings. The molecule has 5 nitrogen and oxygen atoms in total. The molecule has 1 aromatic carbocycles. The predicted molar refractivity (Wildman–Crippen MR) is 114 cm³/mol. The normalized spacial score (nSPS) is 19.9. The predicted octanol–water partition coefficient (Wildman–Crippen LogP) is 4.79. The van der Waals surface area contributed by atoms with Gasteiger partial charge in [-0.15, -0.1) is 6.58 Å². The third-order valence-electron chi connectivity index (χ3n) is 5.84. The van der Waals surface area contributed by atoms with E-state index in [2.05, 4.69) is 40.4 Å². The van der Waals surface area contributed by atoms with Crippen LogP contribution in [0.5, 0.6) is 0 Å². The summed E-state index contributed by atoms with van der Waals surface area (Å²) in [6, 6.07) is 9.49. The van der Waals surface area contributed by atoms with E-state index in [-0.39, 0.29) is 29.7 Å². The van der Waals surface area contributed by atoms with Crippen molar-refractivity contribution < 1.29 is 18.8 Å². The summed E-state index contributed by atoms with van der Waals surface area (Å²) in [4.78, 5) is 26.8. The molecule has 28 heavy (non-hydrogen) atoms. The Balaban J connectivity index is 2.17. The van der Waals surface area contributed by atoms with Crippen LogP contribution in [0.25, 0.3) is 0 Å². The van der Waals surface area contributed by atoms with Gasteiger partial charge < -0.3 is 9.16 Å². The molecule has 1 unspecified atom stereocenters. The molecule has 0 bridgehead atoms. The fourth-order valence-corrected chi connectivity index (χ4v) is 4.57. The van der Waals surface area contributed by atoms with E-state index in [0.29, 0.717) is 6.42 Å². The van der Waals surface area contributed by atoms with Crippen LogP contribution >= 0.6 is 0 Å². The van der Waals surface area contributed by atoms with Crippen LogP contribution in [0, 0.1) is 5.92 Å². The third kappa shape index (κ3) is 4.91. The zero-order valence-corrected chi connectivity index (χ0v) is 18.9. The molecular formula is C22H33NO4Si. The van der Waals surface area contributed by atoms with Crippen molar-refractivity contribution in [3.05, 3.63) is 48.6 Å². The van der Waals surface area contributed by atoms with Crippen LogP contribution < -0.4 is 0 Å². The van der Waals surface area contributed by atoms with Crippen molar-refractivity contribution in [3.8, 4) is 0 Å². The molecule has 1 saturated heterocycles. The van der Waals surface area contributed by atoms with Gasteiger partial charge in [0.05, 0.1) is 18.1 Å². The molecule has 0 radical (unpaired) electrons. The van der Waals surface area contributed by atoms with Crippen molar-refractivity contribution in [2.24, 2.45) is 5.92 Å². The summed E-state index contributed by atoms with van der Waals surface area (Å²) in [6.45, 7) is 16.7. The van der Waals surface area contributed by atoms with E-state index in [4.69, 9.17) is 9.16 Å². The van der Waals surface area contributed by atoms with E-state index in [1.54, 1.807) is 6.08 Å². The number of hydrogen-bond donors (Lipinski definition) is 0. The number of carbonyl (C=O) groups is 2. The molecule has 6 heteroatoms. The van der Waals surface area contributed by atoms with E-state index in [0.717, 1.165) is 5.56 Å². The standard InChI is InChI=1S/C22H33NO4Si/c1-8-19(16(2)27-28(6,7)22(3,4)5)20(24)23-18(15-26-21(23)25)14-17-12-10-9-11-13-17/h8-13,16,18-19H,1,14-15H2,2-7H3/t16-,18+,19?/m0/s1. The Labute approximate surface area is 169 Å². The van der Waals surface area contributed by atoms with E-state index >= 15 is 0 Å². The summed E-state index contributed by atoms with van der Waals surface area (Å²) in [5.41, 5.74) is 1.06. The molecule has 0 aromatic heterocycles. The summed E-state index contributed by atoms with van der Waals surface area (Å²) in [5.74, 6) is -0.900. The SMILES string of the molecule is C=CC(C(=O)N1C(=O)OC[C@H]1Cc1ccccc1)[C@H](C)O[Si](C)(C)C(C)(C)C. The zero-order chi connectivity index (χ0) is 21.1. The Kier molecular flexibility index (Phi) is 6.88.